The fourth-order valence-corrected chi connectivity index (χ4v) is 1.55. The third-order valence-corrected chi connectivity index (χ3v) is 2.17. The number of hydrogen-bond acceptors (Lipinski definition) is 2. The SMILES string of the molecule is NCCn1ccc2cc(N)ccc21. The maximum atomic E-state index is 5.67. The Labute approximate surface area is 76.9 Å². The highest BCUT2D eigenvalue weighted by molar-refractivity contribution is 5.83. The van der Waals surface area contributed by atoms with Crippen molar-refractivity contribution >= 4 is 16.6 Å². The summed E-state index contributed by atoms with van der Waals surface area (Å²) in [6.45, 7) is 1.52. The Morgan fingerprint density at radius 1 is 1.23 bits per heavy atom. The van der Waals surface area contributed by atoms with Crippen molar-refractivity contribution in [1.29, 1.82) is 0 Å². The first-order valence-electron chi connectivity index (χ1n) is 4.35. The zero-order valence-electron chi connectivity index (χ0n) is 7.40. The van der Waals surface area contributed by atoms with Gasteiger partial charge in [0, 0.05) is 35.9 Å². The highest BCUT2D eigenvalue weighted by Crippen LogP contribution is 2.18. The average Bonchev–Trinajstić information content (AvgIpc) is 2.49. The summed E-state index contributed by atoms with van der Waals surface area (Å²) in [6, 6.07) is 7.97. The van der Waals surface area contributed by atoms with Crippen LogP contribution in [0.5, 0.6) is 0 Å². The Balaban J connectivity index is 2.55. The quantitative estimate of drug-likeness (QED) is 0.673. The van der Waals surface area contributed by atoms with Gasteiger partial charge in [0.05, 0.1) is 0 Å². The lowest BCUT2D eigenvalue weighted by atomic mass is 10.2. The first kappa shape index (κ1) is 8.13. The summed E-state index contributed by atoms with van der Waals surface area (Å²) in [5.74, 6) is 0. The summed E-state index contributed by atoms with van der Waals surface area (Å²) in [5, 5.41) is 1.17. The minimum Gasteiger partial charge on any atom is -0.399 e. The lowest BCUT2D eigenvalue weighted by Gasteiger charge is -2.02. The first-order chi connectivity index (χ1) is 6.31. The van der Waals surface area contributed by atoms with Crippen molar-refractivity contribution in [2.45, 2.75) is 6.54 Å². The van der Waals surface area contributed by atoms with Crippen LogP contribution in [0.1, 0.15) is 0 Å². The molecule has 0 saturated carbocycles. The average molecular weight is 175 g/mol. The molecule has 1 aromatic heterocycles. The zero-order chi connectivity index (χ0) is 9.26. The molecule has 0 saturated heterocycles. The van der Waals surface area contributed by atoms with Gasteiger partial charge >= 0.3 is 0 Å². The minimum atomic E-state index is 0.661. The third-order valence-electron chi connectivity index (χ3n) is 2.17. The number of rotatable bonds is 2. The van der Waals surface area contributed by atoms with E-state index in [9.17, 15) is 0 Å². The van der Waals surface area contributed by atoms with Crippen molar-refractivity contribution in [3.63, 3.8) is 0 Å². The summed E-state index contributed by atoms with van der Waals surface area (Å²) in [5.41, 5.74) is 13.2. The monoisotopic (exact) mass is 175 g/mol. The fourth-order valence-electron chi connectivity index (χ4n) is 1.55. The van der Waals surface area contributed by atoms with E-state index in [4.69, 9.17) is 11.5 Å². The highest BCUT2D eigenvalue weighted by Gasteiger charge is 1.99. The van der Waals surface area contributed by atoms with Crippen molar-refractivity contribution in [1.82, 2.24) is 4.57 Å². The maximum Gasteiger partial charge on any atom is 0.0482 e. The molecule has 13 heavy (non-hydrogen) atoms. The summed E-state index contributed by atoms with van der Waals surface area (Å²) < 4.78 is 2.13. The number of aromatic nitrogens is 1. The highest BCUT2D eigenvalue weighted by atomic mass is 15.0. The topological polar surface area (TPSA) is 57.0 Å². The molecular weight excluding hydrogens is 162 g/mol. The fraction of sp³-hybridized carbons (Fsp3) is 0.200. The molecule has 0 atom stereocenters. The number of fused-ring (bicyclic) bond motifs is 1. The van der Waals surface area contributed by atoms with Gasteiger partial charge in [0.25, 0.3) is 0 Å². The van der Waals surface area contributed by atoms with Crippen LogP contribution in [0.4, 0.5) is 5.69 Å². The number of hydrogen-bond donors (Lipinski definition) is 2. The van der Waals surface area contributed by atoms with E-state index < -0.39 is 0 Å². The zero-order valence-corrected chi connectivity index (χ0v) is 7.40. The van der Waals surface area contributed by atoms with Crippen molar-refractivity contribution in [2.75, 3.05) is 12.3 Å². The third kappa shape index (κ3) is 1.38. The van der Waals surface area contributed by atoms with Crippen molar-refractivity contribution in [3.8, 4) is 0 Å². The Hall–Kier alpha value is -1.48. The van der Waals surface area contributed by atoms with Gasteiger partial charge in [-0.25, -0.2) is 0 Å². The molecule has 2 rings (SSSR count). The minimum absolute atomic E-state index is 0.661. The Morgan fingerprint density at radius 2 is 2.08 bits per heavy atom. The predicted octanol–water partition coefficient (Wildman–Crippen LogP) is 1.18. The van der Waals surface area contributed by atoms with Crippen molar-refractivity contribution < 1.29 is 0 Å². The molecule has 2 aromatic rings. The molecular formula is C10H13N3. The van der Waals surface area contributed by atoms with Crippen molar-refractivity contribution in [3.05, 3.63) is 30.5 Å². The smallest absolute Gasteiger partial charge is 0.0482 e. The number of nitrogens with zero attached hydrogens (tertiary/aromatic N) is 1. The van der Waals surface area contributed by atoms with Gasteiger partial charge in [0.15, 0.2) is 0 Å². The second-order valence-electron chi connectivity index (χ2n) is 3.12. The van der Waals surface area contributed by atoms with Crippen LogP contribution in [0.15, 0.2) is 30.5 Å². The van der Waals surface area contributed by atoms with Crippen LogP contribution in [-0.4, -0.2) is 11.1 Å². The normalized spacial score (nSPS) is 10.8. The van der Waals surface area contributed by atoms with Crippen LogP contribution in [0.2, 0.25) is 0 Å². The molecule has 3 heteroatoms. The summed E-state index contributed by atoms with van der Waals surface area (Å²) >= 11 is 0. The van der Waals surface area contributed by atoms with Crippen LogP contribution in [-0.2, 0) is 6.54 Å². The van der Waals surface area contributed by atoms with Crippen LogP contribution >= 0.6 is 0 Å². The molecule has 0 amide bonds. The van der Waals surface area contributed by atoms with Crippen molar-refractivity contribution in [2.24, 2.45) is 5.73 Å². The number of nitrogen functional groups attached to an aromatic ring is 1. The first-order valence-corrected chi connectivity index (χ1v) is 4.35. The molecule has 0 bridgehead atoms. The van der Waals surface area contributed by atoms with E-state index in [2.05, 4.69) is 10.6 Å². The molecule has 0 aliphatic rings. The Morgan fingerprint density at radius 3 is 2.85 bits per heavy atom. The molecule has 0 unspecified atom stereocenters. The van der Waals surface area contributed by atoms with Gasteiger partial charge in [-0.3, -0.25) is 0 Å². The van der Waals surface area contributed by atoms with Gasteiger partial charge in [-0.15, -0.1) is 0 Å². The van der Waals surface area contributed by atoms with Gasteiger partial charge in [0.1, 0.15) is 0 Å². The van der Waals surface area contributed by atoms with E-state index in [1.165, 1.54) is 10.9 Å². The van der Waals surface area contributed by atoms with Gasteiger partial charge in [-0.05, 0) is 24.3 Å². The Kier molecular flexibility index (Phi) is 1.94. The van der Waals surface area contributed by atoms with Gasteiger partial charge in [0.2, 0.25) is 0 Å². The van der Waals surface area contributed by atoms with E-state index in [0.29, 0.717) is 6.54 Å². The maximum absolute atomic E-state index is 5.67. The predicted molar refractivity (Wildman–Crippen MR) is 55.4 cm³/mol. The molecule has 0 fully saturated rings. The summed E-state index contributed by atoms with van der Waals surface area (Å²) in [4.78, 5) is 0. The molecule has 1 aromatic carbocycles. The lowest BCUT2D eigenvalue weighted by molar-refractivity contribution is 0.735. The molecule has 3 nitrogen and oxygen atoms in total. The number of nitrogens with two attached hydrogens (primary N) is 2. The lowest BCUT2D eigenvalue weighted by Crippen LogP contribution is -2.08. The molecule has 4 N–H and O–H groups in total. The van der Waals surface area contributed by atoms with Gasteiger partial charge in [-0.1, -0.05) is 0 Å². The van der Waals surface area contributed by atoms with E-state index >= 15 is 0 Å². The summed E-state index contributed by atoms with van der Waals surface area (Å²) in [7, 11) is 0. The van der Waals surface area contributed by atoms with Crippen LogP contribution in [0.3, 0.4) is 0 Å². The number of anilines is 1. The molecule has 0 radical (unpaired) electrons. The van der Waals surface area contributed by atoms with Gasteiger partial charge < -0.3 is 16.0 Å². The van der Waals surface area contributed by atoms with E-state index in [-0.39, 0.29) is 0 Å². The van der Waals surface area contributed by atoms with E-state index in [1.54, 1.807) is 0 Å². The van der Waals surface area contributed by atoms with Crippen LogP contribution in [0, 0.1) is 0 Å². The molecule has 68 valence electrons. The molecule has 0 aliphatic carbocycles. The van der Waals surface area contributed by atoms with Gasteiger partial charge in [-0.2, -0.15) is 0 Å². The van der Waals surface area contributed by atoms with E-state index in [1.807, 2.05) is 24.4 Å². The molecule has 1 heterocycles. The molecule has 0 spiro atoms. The molecule has 0 aliphatic heterocycles. The second-order valence-corrected chi connectivity index (χ2v) is 3.12. The Bertz CT molecular complexity index is 417. The van der Waals surface area contributed by atoms with E-state index in [0.717, 1.165) is 12.2 Å². The number of benzene rings is 1. The van der Waals surface area contributed by atoms with Crippen LogP contribution in [0.25, 0.3) is 10.9 Å². The largest absolute Gasteiger partial charge is 0.399 e. The standard InChI is InChI=1S/C10H13N3/c11-4-6-13-5-3-8-7-9(12)1-2-10(8)13/h1-3,5,7H,4,6,11-12H2. The van der Waals surface area contributed by atoms with Crippen LogP contribution < -0.4 is 11.5 Å². The second kappa shape index (κ2) is 3.11. The summed E-state index contributed by atoms with van der Waals surface area (Å²) in [6.07, 6.45) is 2.04.